The molecule has 0 fully saturated rings. The molecule has 0 bridgehead atoms. The monoisotopic (exact) mass is 393 g/mol. The predicted octanol–water partition coefficient (Wildman–Crippen LogP) is 3.48. The Morgan fingerprint density at radius 1 is 1.19 bits per heavy atom. The molecule has 7 nitrogen and oxygen atoms in total. The second-order valence-corrected chi connectivity index (χ2v) is 6.24. The maximum atomic E-state index is 12.8. The van der Waals surface area contributed by atoms with Gasteiger partial charge < -0.3 is 0 Å². The van der Waals surface area contributed by atoms with E-state index in [1.54, 1.807) is 42.0 Å². The lowest BCUT2D eigenvalue weighted by molar-refractivity contribution is -0.144. The van der Waals surface area contributed by atoms with Crippen molar-refractivity contribution in [2.75, 3.05) is 0 Å². The fraction of sp³-hybridized carbons (Fsp3) is 0.188. The van der Waals surface area contributed by atoms with Crippen LogP contribution in [0, 0.1) is 6.92 Å². The normalized spacial score (nSPS) is 12.0. The average Bonchev–Trinajstić information content (AvgIpc) is 3.22. The van der Waals surface area contributed by atoms with Crippen LogP contribution < -0.4 is 0 Å². The van der Waals surface area contributed by atoms with Crippen molar-refractivity contribution in [2.45, 2.75) is 19.5 Å². The Morgan fingerprint density at radius 2 is 1.93 bits per heavy atom. The number of H-pyrrole nitrogens is 1. The third-order valence-corrected chi connectivity index (χ3v) is 4.07. The summed E-state index contributed by atoms with van der Waals surface area (Å²) in [5.74, 6) is -0.506. The summed E-state index contributed by atoms with van der Waals surface area (Å²) < 4.78 is 40.0. The molecule has 11 heteroatoms. The minimum absolute atomic E-state index is 0.0916. The number of hydrogen-bond donors (Lipinski definition) is 1. The Kier molecular flexibility index (Phi) is 4.06. The van der Waals surface area contributed by atoms with Crippen molar-refractivity contribution >= 4 is 17.1 Å². The summed E-state index contributed by atoms with van der Waals surface area (Å²) in [5.41, 5.74) is 2.05. The molecular weight excluding hydrogens is 383 g/mol. The van der Waals surface area contributed by atoms with Crippen LogP contribution in [-0.4, -0.2) is 34.5 Å². The highest BCUT2D eigenvalue weighted by Gasteiger charge is 2.36. The molecule has 27 heavy (non-hydrogen) atoms. The Labute approximate surface area is 155 Å². The average molecular weight is 394 g/mol. The van der Waals surface area contributed by atoms with Gasteiger partial charge in [0.2, 0.25) is 0 Å². The number of halogens is 4. The molecule has 0 radical (unpaired) electrons. The Bertz CT molecular complexity index is 1120. The number of nitrogens with zero attached hydrogens (tertiary/aromatic N) is 6. The summed E-state index contributed by atoms with van der Waals surface area (Å²) in [6, 6.07) is 3.29. The fourth-order valence-electron chi connectivity index (χ4n) is 2.61. The molecule has 0 saturated heterocycles. The van der Waals surface area contributed by atoms with Gasteiger partial charge in [-0.25, -0.2) is 19.9 Å². The van der Waals surface area contributed by atoms with Gasteiger partial charge in [-0.3, -0.25) is 9.50 Å². The molecule has 4 aromatic rings. The van der Waals surface area contributed by atoms with Crippen molar-refractivity contribution in [3.8, 4) is 11.6 Å². The summed E-state index contributed by atoms with van der Waals surface area (Å²) in [6.07, 6.45) is 0.699. The zero-order valence-corrected chi connectivity index (χ0v) is 14.5. The minimum atomic E-state index is -4.65. The third-order valence-electron chi connectivity index (χ3n) is 3.84. The van der Waals surface area contributed by atoms with Crippen LogP contribution in [0.3, 0.4) is 0 Å². The van der Waals surface area contributed by atoms with Crippen LogP contribution in [0.4, 0.5) is 13.2 Å². The Balaban J connectivity index is 1.82. The molecule has 0 aliphatic rings. The molecule has 0 atom stereocenters. The minimum Gasteiger partial charge on any atom is -0.297 e. The zero-order valence-electron chi connectivity index (χ0n) is 13.8. The van der Waals surface area contributed by atoms with Gasteiger partial charge in [-0.05, 0) is 24.6 Å². The predicted molar refractivity (Wildman–Crippen MR) is 90.2 cm³/mol. The van der Waals surface area contributed by atoms with E-state index >= 15 is 0 Å². The number of aryl methyl sites for hydroxylation is 1. The van der Waals surface area contributed by atoms with E-state index in [-0.39, 0.29) is 11.6 Å². The summed E-state index contributed by atoms with van der Waals surface area (Å²) in [4.78, 5) is 16.3. The van der Waals surface area contributed by atoms with Gasteiger partial charge in [-0.1, -0.05) is 11.6 Å². The van der Waals surface area contributed by atoms with Crippen LogP contribution in [-0.2, 0) is 12.6 Å². The van der Waals surface area contributed by atoms with E-state index in [0.717, 1.165) is 5.56 Å². The molecule has 4 heterocycles. The standard InChI is InChI=1S/C16H11ClF3N7/c1-8-21-6-9(7-22-8)4-11-12-5-10(17)2-3-27(12)14(23-11)13-24-15(26-25-13)16(18,19)20/h2-3,5-7H,4H2,1H3,(H,24,25,26). The molecule has 1 N–H and O–H groups in total. The lowest BCUT2D eigenvalue weighted by Gasteiger charge is -2.00. The van der Waals surface area contributed by atoms with Gasteiger partial charge in [-0.2, -0.15) is 13.2 Å². The van der Waals surface area contributed by atoms with Crippen molar-refractivity contribution in [1.82, 2.24) is 34.5 Å². The molecule has 0 unspecified atom stereocenters. The van der Waals surface area contributed by atoms with Crippen LogP contribution in [0.5, 0.6) is 0 Å². The summed E-state index contributed by atoms with van der Waals surface area (Å²) in [5, 5.41) is 6.00. The highest BCUT2D eigenvalue weighted by atomic mass is 35.5. The molecule has 0 aliphatic carbocycles. The van der Waals surface area contributed by atoms with Crippen LogP contribution in [0.2, 0.25) is 5.02 Å². The molecule has 0 aromatic carbocycles. The maximum absolute atomic E-state index is 12.8. The first kappa shape index (κ1) is 17.4. The second-order valence-electron chi connectivity index (χ2n) is 5.80. The maximum Gasteiger partial charge on any atom is 0.453 e. The number of hydrogen-bond acceptors (Lipinski definition) is 5. The molecule has 4 rings (SSSR count). The highest BCUT2D eigenvalue weighted by molar-refractivity contribution is 6.30. The van der Waals surface area contributed by atoms with Crippen molar-refractivity contribution in [1.29, 1.82) is 0 Å². The van der Waals surface area contributed by atoms with Gasteiger partial charge in [0.15, 0.2) is 11.6 Å². The number of rotatable bonds is 3. The number of aromatic nitrogens is 7. The lowest BCUT2D eigenvalue weighted by atomic mass is 10.2. The van der Waals surface area contributed by atoms with Crippen molar-refractivity contribution in [3.63, 3.8) is 0 Å². The first-order valence-corrected chi connectivity index (χ1v) is 8.13. The zero-order chi connectivity index (χ0) is 19.2. The van der Waals surface area contributed by atoms with E-state index in [2.05, 4.69) is 30.1 Å². The first-order valence-electron chi connectivity index (χ1n) is 7.75. The number of alkyl halides is 3. The van der Waals surface area contributed by atoms with Gasteiger partial charge in [-0.15, -0.1) is 5.10 Å². The Hall–Kier alpha value is -3.01. The molecule has 0 amide bonds. The van der Waals surface area contributed by atoms with Gasteiger partial charge in [0.05, 0.1) is 11.2 Å². The number of imidazole rings is 1. The van der Waals surface area contributed by atoms with Crippen LogP contribution in [0.15, 0.2) is 30.7 Å². The fourth-order valence-corrected chi connectivity index (χ4v) is 2.77. The van der Waals surface area contributed by atoms with E-state index in [9.17, 15) is 13.2 Å². The van der Waals surface area contributed by atoms with Crippen molar-refractivity contribution < 1.29 is 13.2 Å². The molecular formula is C16H11ClF3N7. The van der Waals surface area contributed by atoms with Gasteiger partial charge >= 0.3 is 6.18 Å². The molecule has 4 aromatic heterocycles. The van der Waals surface area contributed by atoms with Crippen molar-refractivity contribution in [3.05, 3.63) is 58.7 Å². The topological polar surface area (TPSA) is 84.6 Å². The SMILES string of the molecule is Cc1ncc(Cc2nc(-c3nc(C(F)(F)F)n[nH]3)n3ccc(Cl)cc23)cn1. The van der Waals surface area contributed by atoms with Crippen LogP contribution in [0.1, 0.15) is 22.9 Å². The van der Waals surface area contributed by atoms with E-state index < -0.39 is 12.0 Å². The Morgan fingerprint density at radius 3 is 2.59 bits per heavy atom. The van der Waals surface area contributed by atoms with E-state index in [0.29, 0.717) is 28.5 Å². The van der Waals surface area contributed by atoms with Gasteiger partial charge in [0.1, 0.15) is 5.82 Å². The van der Waals surface area contributed by atoms with Gasteiger partial charge in [0.25, 0.3) is 5.82 Å². The molecule has 0 aliphatic heterocycles. The molecule has 138 valence electrons. The summed E-state index contributed by atoms with van der Waals surface area (Å²) in [7, 11) is 0. The summed E-state index contributed by atoms with van der Waals surface area (Å²) in [6.45, 7) is 1.77. The second kappa shape index (κ2) is 6.31. The van der Waals surface area contributed by atoms with E-state index in [1.165, 1.54) is 0 Å². The third kappa shape index (κ3) is 3.35. The first-order chi connectivity index (χ1) is 12.8. The van der Waals surface area contributed by atoms with Crippen LogP contribution in [0.25, 0.3) is 17.2 Å². The number of aromatic amines is 1. The van der Waals surface area contributed by atoms with Crippen molar-refractivity contribution in [2.24, 2.45) is 0 Å². The number of fused-ring (bicyclic) bond motifs is 1. The molecule has 0 saturated carbocycles. The number of pyridine rings is 1. The number of nitrogens with one attached hydrogen (secondary N) is 1. The highest BCUT2D eigenvalue weighted by Crippen LogP contribution is 2.29. The quantitative estimate of drug-likeness (QED) is 0.576. The molecule has 0 spiro atoms. The summed E-state index contributed by atoms with van der Waals surface area (Å²) >= 11 is 6.08. The van der Waals surface area contributed by atoms with E-state index in [4.69, 9.17) is 11.6 Å². The van der Waals surface area contributed by atoms with Gasteiger partial charge in [0, 0.05) is 30.0 Å². The van der Waals surface area contributed by atoms with E-state index in [1.807, 2.05) is 0 Å². The largest absolute Gasteiger partial charge is 0.453 e. The smallest absolute Gasteiger partial charge is 0.297 e. The lowest BCUT2D eigenvalue weighted by Crippen LogP contribution is -2.07. The van der Waals surface area contributed by atoms with Crippen LogP contribution >= 0.6 is 11.6 Å².